The van der Waals surface area contributed by atoms with Crippen molar-refractivity contribution < 1.29 is 14.1 Å². The Labute approximate surface area is 129 Å². The smallest absolute Gasteiger partial charge is 0.321 e. The maximum Gasteiger partial charge on any atom is 0.321 e. The van der Waals surface area contributed by atoms with Crippen molar-refractivity contribution in [3.8, 4) is 0 Å². The second-order valence-corrected chi connectivity index (χ2v) is 4.95. The monoisotopic (exact) mass is 304 g/mol. The summed E-state index contributed by atoms with van der Waals surface area (Å²) in [6, 6.07) is 7.47. The molecule has 0 atom stereocenters. The zero-order valence-corrected chi connectivity index (χ0v) is 13.0. The summed E-state index contributed by atoms with van der Waals surface area (Å²) >= 11 is 0. The van der Waals surface area contributed by atoms with Gasteiger partial charge >= 0.3 is 6.03 Å². The van der Waals surface area contributed by atoms with Crippen molar-refractivity contribution in [3.05, 3.63) is 41.5 Å². The molecule has 118 valence electrons. The van der Waals surface area contributed by atoms with Gasteiger partial charge in [-0.15, -0.1) is 0 Å². The van der Waals surface area contributed by atoms with Crippen molar-refractivity contribution in [2.75, 3.05) is 26.0 Å². The molecular weight excluding hydrogens is 284 g/mol. The molecule has 1 N–H and O–H groups in total. The van der Waals surface area contributed by atoms with E-state index in [0.717, 1.165) is 11.3 Å². The molecule has 2 aromatic rings. The molecule has 0 saturated heterocycles. The number of benzene rings is 1. The Morgan fingerprint density at radius 3 is 2.91 bits per heavy atom. The Morgan fingerprint density at radius 1 is 1.41 bits per heavy atom. The van der Waals surface area contributed by atoms with Crippen LogP contribution in [0.4, 0.5) is 10.5 Å². The van der Waals surface area contributed by atoms with Crippen LogP contribution in [0, 0.1) is 6.92 Å². The van der Waals surface area contributed by atoms with Gasteiger partial charge in [-0.05, 0) is 18.6 Å². The molecule has 7 nitrogen and oxygen atoms in total. The van der Waals surface area contributed by atoms with E-state index in [0.29, 0.717) is 24.7 Å². The molecule has 0 radical (unpaired) electrons. The molecule has 0 unspecified atom stereocenters. The van der Waals surface area contributed by atoms with E-state index in [1.807, 2.05) is 31.2 Å². The molecule has 2 amide bonds. The first kappa shape index (κ1) is 16.0. The number of carbonyl (C=O) groups is 1. The van der Waals surface area contributed by atoms with Gasteiger partial charge in [0.25, 0.3) is 5.89 Å². The third kappa shape index (κ3) is 4.29. The maximum atomic E-state index is 12.1. The highest BCUT2D eigenvalue weighted by atomic mass is 16.5. The lowest BCUT2D eigenvalue weighted by atomic mass is 10.2. The van der Waals surface area contributed by atoms with Crippen LogP contribution < -0.4 is 5.32 Å². The number of para-hydroxylation sites is 1. The highest BCUT2D eigenvalue weighted by Gasteiger charge is 2.12. The molecule has 7 heteroatoms. The van der Waals surface area contributed by atoms with Gasteiger partial charge in [0.1, 0.15) is 6.61 Å². The van der Waals surface area contributed by atoms with E-state index in [-0.39, 0.29) is 12.6 Å². The molecular formula is C15H20N4O3. The lowest BCUT2D eigenvalue weighted by molar-refractivity contribution is 0.151. The summed E-state index contributed by atoms with van der Waals surface area (Å²) in [5.74, 6) is 0.993. The summed E-state index contributed by atoms with van der Waals surface area (Å²) < 4.78 is 9.92. The van der Waals surface area contributed by atoms with Gasteiger partial charge in [0.2, 0.25) is 0 Å². The Kier molecular flexibility index (Phi) is 5.48. The number of methoxy groups -OCH3 is 1. The first-order chi connectivity index (χ1) is 10.6. The van der Waals surface area contributed by atoms with Crippen LogP contribution in [0.1, 0.15) is 17.3 Å². The molecule has 1 aromatic carbocycles. The summed E-state index contributed by atoms with van der Waals surface area (Å²) in [6.07, 6.45) is 0.519. The fourth-order valence-electron chi connectivity index (χ4n) is 1.87. The average Bonchev–Trinajstić information content (AvgIpc) is 2.95. The van der Waals surface area contributed by atoms with Crippen LogP contribution in [0.3, 0.4) is 0 Å². The van der Waals surface area contributed by atoms with Crippen LogP contribution in [0.2, 0.25) is 0 Å². The molecule has 22 heavy (non-hydrogen) atoms. The first-order valence-corrected chi connectivity index (χ1v) is 6.98. The molecule has 0 aliphatic rings. The third-order valence-corrected chi connectivity index (χ3v) is 3.18. The van der Waals surface area contributed by atoms with E-state index < -0.39 is 0 Å². The lowest BCUT2D eigenvalue weighted by Gasteiger charge is -2.17. The van der Waals surface area contributed by atoms with Crippen molar-refractivity contribution in [3.63, 3.8) is 0 Å². The fourth-order valence-corrected chi connectivity index (χ4v) is 1.87. The zero-order chi connectivity index (χ0) is 15.9. The normalized spacial score (nSPS) is 10.5. The van der Waals surface area contributed by atoms with Crippen molar-refractivity contribution in [1.29, 1.82) is 0 Å². The van der Waals surface area contributed by atoms with Gasteiger partial charge in [0.05, 0.1) is 0 Å². The molecule has 0 fully saturated rings. The van der Waals surface area contributed by atoms with Gasteiger partial charge in [-0.25, -0.2) is 4.79 Å². The minimum absolute atomic E-state index is 0.171. The highest BCUT2D eigenvalue weighted by Crippen LogP contribution is 2.13. The number of likely N-dealkylation sites (N-methyl/N-ethyl adjacent to an activating group) is 1. The number of hydrogen-bond donors (Lipinski definition) is 1. The number of hydrogen-bond acceptors (Lipinski definition) is 5. The molecule has 0 aliphatic heterocycles. The molecule has 0 bridgehead atoms. The molecule has 1 heterocycles. The van der Waals surface area contributed by atoms with Gasteiger partial charge in [0.15, 0.2) is 5.82 Å². The summed E-state index contributed by atoms with van der Waals surface area (Å²) in [7, 11) is 3.29. The number of anilines is 1. The van der Waals surface area contributed by atoms with Crippen LogP contribution >= 0.6 is 0 Å². The lowest BCUT2D eigenvalue weighted by Crippen LogP contribution is -2.33. The SMILES string of the molecule is COCc1nc(CCN(C)C(=O)Nc2ccccc2C)no1. The number of aromatic nitrogens is 2. The van der Waals surface area contributed by atoms with Gasteiger partial charge in [-0.3, -0.25) is 0 Å². The predicted molar refractivity (Wildman–Crippen MR) is 81.5 cm³/mol. The summed E-state index contributed by atoms with van der Waals surface area (Å²) in [4.78, 5) is 17.9. The minimum atomic E-state index is -0.171. The van der Waals surface area contributed by atoms with E-state index in [2.05, 4.69) is 15.5 Å². The number of aryl methyl sites for hydroxylation is 1. The fraction of sp³-hybridized carbons (Fsp3) is 0.400. The Hall–Kier alpha value is -2.41. The van der Waals surface area contributed by atoms with E-state index in [1.165, 1.54) is 0 Å². The number of ether oxygens (including phenoxy) is 1. The average molecular weight is 304 g/mol. The molecule has 1 aromatic heterocycles. The van der Waals surface area contributed by atoms with Crippen LogP contribution in [-0.2, 0) is 17.8 Å². The van der Waals surface area contributed by atoms with Crippen LogP contribution in [0.15, 0.2) is 28.8 Å². The van der Waals surface area contributed by atoms with Gasteiger partial charge < -0.3 is 19.5 Å². The van der Waals surface area contributed by atoms with E-state index >= 15 is 0 Å². The van der Waals surface area contributed by atoms with Gasteiger partial charge in [-0.1, -0.05) is 23.4 Å². The van der Waals surface area contributed by atoms with E-state index in [9.17, 15) is 4.79 Å². The van der Waals surface area contributed by atoms with Crippen LogP contribution in [-0.4, -0.2) is 41.8 Å². The van der Waals surface area contributed by atoms with Crippen LogP contribution in [0.25, 0.3) is 0 Å². The number of amides is 2. The summed E-state index contributed by atoms with van der Waals surface area (Å²) in [5.41, 5.74) is 1.83. The predicted octanol–water partition coefficient (Wildman–Crippen LogP) is 2.23. The zero-order valence-electron chi connectivity index (χ0n) is 13.0. The van der Waals surface area contributed by atoms with Crippen molar-refractivity contribution in [1.82, 2.24) is 15.0 Å². The van der Waals surface area contributed by atoms with E-state index in [4.69, 9.17) is 9.26 Å². The third-order valence-electron chi connectivity index (χ3n) is 3.18. The van der Waals surface area contributed by atoms with E-state index in [1.54, 1.807) is 19.1 Å². The largest absolute Gasteiger partial charge is 0.375 e. The molecule has 0 saturated carbocycles. The number of nitrogens with one attached hydrogen (secondary N) is 1. The molecule has 2 rings (SSSR count). The van der Waals surface area contributed by atoms with Crippen molar-refractivity contribution in [2.45, 2.75) is 20.0 Å². The molecule has 0 aliphatic carbocycles. The number of carbonyl (C=O) groups excluding carboxylic acids is 1. The van der Waals surface area contributed by atoms with Crippen molar-refractivity contribution >= 4 is 11.7 Å². The van der Waals surface area contributed by atoms with Gasteiger partial charge in [-0.2, -0.15) is 4.98 Å². The Morgan fingerprint density at radius 2 is 2.18 bits per heavy atom. The summed E-state index contributed by atoms with van der Waals surface area (Å²) in [6.45, 7) is 2.73. The molecule has 0 spiro atoms. The number of nitrogens with zero attached hydrogens (tertiary/aromatic N) is 3. The Balaban J connectivity index is 1.84. The van der Waals surface area contributed by atoms with Crippen molar-refractivity contribution in [2.24, 2.45) is 0 Å². The number of urea groups is 1. The quantitative estimate of drug-likeness (QED) is 0.885. The standard InChI is InChI=1S/C15H20N4O3/c1-11-6-4-5-7-12(11)16-15(20)19(2)9-8-13-17-14(10-21-3)22-18-13/h4-7H,8-10H2,1-3H3,(H,16,20). The second-order valence-electron chi connectivity index (χ2n) is 4.95. The van der Waals surface area contributed by atoms with Gasteiger partial charge in [0, 0.05) is 32.8 Å². The second kappa shape index (κ2) is 7.56. The maximum absolute atomic E-state index is 12.1. The highest BCUT2D eigenvalue weighted by molar-refractivity contribution is 5.89. The van der Waals surface area contributed by atoms with Crippen LogP contribution in [0.5, 0.6) is 0 Å². The topological polar surface area (TPSA) is 80.5 Å². The Bertz CT molecular complexity index is 627. The minimum Gasteiger partial charge on any atom is -0.375 e. The summed E-state index contributed by atoms with van der Waals surface area (Å²) in [5, 5.41) is 6.71. The first-order valence-electron chi connectivity index (χ1n) is 6.98. The number of rotatable bonds is 6.